The van der Waals surface area contributed by atoms with Gasteiger partial charge in [0.25, 0.3) is 0 Å². The van der Waals surface area contributed by atoms with E-state index in [1.165, 1.54) is 0 Å². The lowest BCUT2D eigenvalue weighted by Gasteiger charge is -2.23. The number of nitrogens with zero attached hydrogens (tertiary/aromatic N) is 5. The molecule has 1 N–H and O–H groups in total. The van der Waals surface area contributed by atoms with Gasteiger partial charge in [0.1, 0.15) is 0 Å². The van der Waals surface area contributed by atoms with E-state index < -0.39 is 0 Å². The van der Waals surface area contributed by atoms with Crippen molar-refractivity contribution in [2.45, 2.75) is 58.5 Å². The Bertz CT molecular complexity index is 1000. The van der Waals surface area contributed by atoms with Gasteiger partial charge in [0.05, 0.1) is 6.04 Å². The molecule has 1 aliphatic heterocycles. The second-order valence-electron chi connectivity index (χ2n) is 8.48. The Morgan fingerprint density at radius 2 is 1.75 bits per heavy atom. The summed E-state index contributed by atoms with van der Waals surface area (Å²) in [6.07, 6.45) is 5.55. The van der Waals surface area contributed by atoms with E-state index >= 15 is 0 Å². The molecule has 32 heavy (non-hydrogen) atoms. The van der Waals surface area contributed by atoms with Gasteiger partial charge in [0, 0.05) is 25.2 Å². The molecule has 7 nitrogen and oxygen atoms in total. The van der Waals surface area contributed by atoms with Crippen LogP contribution in [-0.2, 0) is 6.54 Å². The Morgan fingerprint density at radius 1 is 1.00 bits per heavy atom. The maximum absolute atomic E-state index is 13.1. The summed E-state index contributed by atoms with van der Waals surface area (Å²) in [5.41, 5.74) is 4.24. The van der Waals surface area contributed by atoms with Crippen molar-refractivity contribution in [2.75, 3.05) is 13.1 Å². The first kappa shape index (κ1) is 22.0. The molecule has 4 rings (SSSR count). The van der Waals surface area contributed by atoms with Crippen LogP contribution >= 0.6 is 0 Å². The average Bonchev–Trinajstić information content (AvgIpc) is 3.46. The highest BCUT2D eigenvalue weighted by molar-refractivity contribution is 5.80. The van der Waals surface area contributed by atoms with E-state index in [0.29, 0.717) is 18.4 Å². The van der Waals surface area contributed by atoms with E-state index in [-0.39, 0.29) is 6.03 Å². The number of benzene rings is 2. The zero-order valence-corrected chi connectivity index (χ0v) is 19.0. The van der Waals surface area contributed by atoms with Gasteiger partial charge in [-0.05, 0) is 34.7 Å². The molecule has 1 aromatic heterocycles. The summed E-state index contributed by atoms with van der Waals surface area (Å²) in [4.78, 5) is 17.2. The average molecular weight is 433 g/mol. The van der Waals surface area contributed by atoms with Crippen LogP contribution in [-0.4, -0.2) is 55.6 Å². The number of H-pyrrole nitrogens is 1. The largest absolute Gasteiger partial charge is 0.323 e. The van der Waals surface area contributed by atoms with Crippen LogP contribution in [0, 0.1) is 0 Å². The number of aromatic nitrogens is 4. The van der Waals surface area contributed by atoms with E-state index in [4.69, 9.17) is 0 Å². The van der Waals surface area contributed by atoms with Crippen LogP contribution in [0.3, 0.4) is 0 Å². The Morgan fingerprint density at radius 3 is 2.44 bits per heavy atom. The summed E-state index contributed by atoms with van der Waals surface area (Å²) in [7, 11) is 0. The third-order valence-corrected chi connectivity index (χ3v) is 6.19. The molecule has 2 heterocycles. The minimum Gasteiger partial charge on any atom is -0.323 e. The number of rotatable bonds is 10. The number of nitrogens with one attached hydrogen (secondary N) is 1. The highest BCUT2D eigenvalue weighted by Crippen LogP contribution is 2.30. The Hall–Kier alpha value is -3.22. The summed E-state index contributed by atoms with van der Waals surface area (Å²) < 4.78 is 0. The lowest BCUT2D eigenvalue weighted by atomic mass is 9.98. The second-order valence-corrected chi connectivity index (χ2v) is 8.48. The van der Waals surface area contributed by atoms with Crippen molar-refractivity contribution in [3.05, 3.63) is 54.1 Å². The van der Waals surface area contributed by atoms with Crippen LogP contribution in [0.5, 0.6) is 0 Å². The molecule has 1 aliphatic rings. The molecule has 2 amide bonds. The van der Waals surface area contributed by atoms with Crippen LogP contribution in [0.2, 0.25) is 0 Å². The van der Waals surface area contributed by atoms with Crippen molar-refractivity contribution in [3.8, 4) is 22.5 Å². The molecule has 0 bridgehead atoms. The van der Waals surface area contributed by atoms with E-state index in [0.717, 1.165) is 67.4 Å². The summed E-state index contributed by atoms with van der Waals surface area (Å²) in [6.45, 7) is 6.75. The van der Waals surface area contributed by atoms with E-state index in [2.05, 4.69) is 69.7 Å². The quantitative estimate of drug-likeness (QED) is 0.482. The molecule has 7 heteroatoms. The van der Waals surface area contributed by atoms with Crippen molar-refractivity contribution in [1.82, 2.24) is 30.4 Å². The molecule has 0 radical (unpaired) electrons. The summed E-state index contributed by atoms with van der Waals surface area (Å²) in [6, 6.07) is 17.0. The van der Waals surface area contributed by atoms with Gasteiger partial charge in [0.2, 0.25) is 5.82 Å². The van der Waals surface area contributed by atoms with Crippen LogP contribution in [0.1, 0.15) is 51.5 Å². The fourth-order valence-electron chi connectivity index (χ4n) is 4.38. The minimum atomic E-state index is 0.186. The first-order valence-electron chi connectivity index (χ1n) is 11.7. The first-order valence-corrected chi connectivity index (χ1v) is 11.7. The molecular weight excluding hydrogens is 400 g/mol. The van der Waals surface area contributed by atoms with Crippen LogP contribution in [0.25, 0.3) is 22.5 Å². The lowest BCUT2D eigenvalue weighted by Crippen LogP contribution is -2.34. The van der Waals surface area contributed by atoms with Crippen molar-refractivity contribution >= 4 is 6.03 Å². The summed E-state index contributed by atoms with van der Waals surface area (Å²) >= 11 is 0. The molecule has 1 fully saturated rings. The molecule has 1 unspecified atom stereocenters. The summed E-state index contributed by atoms with van der Waals surface area (Å²) in [5, 5.41) is 14.5. The molecule has 3 aromatic rings. The molecule has 1 atom stereocenters. The number of hydrogen-bond donors (Lipinski definition) is 1. The van der Waals surface area contributed by atoms with Crippen molar-refractivity contribution < 1.29 is 4.79 Å². The number of unbranched alkanes of at least 4 members (excludes halogenated alkanes) is 2. The monoisotopic (exact) mass is 432 g/mol. The van der Waals surface area contributed by atoms with Gasteiger partial charge < -0.3 is 9.80 Å². The Kier molecular flexibility index (Phi) is 7.14. The Balaban J connectivity index is 1.51. The van der Waals surface area contributed by atoms with Crippen molar-refractivity contribution in [1.29, 1.82) is 0 Å². The second kappa shape index (κ2) is 10.4. The van der Waals surface area contributed by atoms with Crippen LogP contribution < -0.4 is 0 Å². The van der Waals surface area contributed by atoms with Gasteiger partial charge in [0.15, 0.2) is 0 Å². The number of urea groups is 1. The van der Waals surface area contributed by atoms with Gasteiger partial charge in [-0.25, -0.2) is 4.79 Å². The molecule has 0 spiro atoms. The number of hydrogen-bond acceptors (Lipinski definition) is 4. The Labute approximate surface area is 189 Å². The van der Waals surface area contributed by atoms with Gasteiger partial charge in [-0.1, -0.05) is 81.6 Å². The third-order valence-electron chi connectivity index (χ3n) is 6.19. The molecule has 168 valence electrons. The van der Waals surface area contributed by atoms with Gasteiger partial charge >= 0.3 is 6.03 Å². The molecule has 0 saturated carbocycles. The topological polar surface area (TPSA) is 78.0 Å². The number of amides is 2. The fourth-order valence-corrected chi connectivity index (χ4v) is 4.38. The zero-order chi connectivity index (χ0) is 22.3. The molecule has 1 saturated heterocycles. The number of aromatic amines is 1. The number of carbonyl (C=O) groups is 1. The van der Waals surface area contributed by atoms with Gasteiger partial charge in [-0.15, -0.1) is 10.2 Å². The minimum absolute atomic E-state index is 0.186. The van der Waals surface area contributed by atoms with E-state index in [9.17, 15) is 4.79 Å². The lowest BCUT2D eigenvalue weighted by molar-refractivity contribution is 0.182. The molecule has 2 aromatic carbocycles. The van der Waals surface area contributed by atoms with Crippen LogP contribution in [0.4, 0.5) is 4.79 Å². The fraction of sp³-hybridized carbons (Fsp3) is 0.440. The predicted molar refractivity (Wildman–Crippen MR) is 126 cm³/mol. The normalized spacial score (nSPS) is 16.2. The van der Waals surface area contributed by atoms with Gasteiger partial charge in [-0.3, -0.25) is 0 Å². The highest BCUT2D eigenvalue weighted by Gasteiger charge is 2.36. The smallest absolute Gasteiger partial charge is 0.320 e. The maximum atomic E-state index is 13.1. The number of tetrazole rings is 1. The van der Waals surface area contributed by atoms with Gasteiger partial charge in [-0.2, -0.15) is 5.21 Å². The summed E-state index contributed by atoms with van der Waals surface area (Å²) in [5.74, 6) is 0.582. The number of carbonyl (C=O) groups excluding carboxylic acids is 1. The zero-order valence-electron chi connectivity index (χ0n) is 19.0. The van der Waals surface area contributed by atoms with Crippen LogP contribution in [0.15, 0.2) is 48.5 Å². The highest BCUT2D eigenvalue weighted by atomic mass is 16.2. The van der Waals surface area contributed by atoms with E-state index in [1.54, 1.807) is 0 Å². The standard InChI is InChI=1S/C25H32N6O/c1-3-5-9-21-18-30(16-6-4-2)25(32)31(21)17-19-12-14-20(15-13-19)22-10-7-8-11-23(22)24-26-28-29-27-24/h7-8,10-15,21H,3-6,9,16-18H2,1-2H3,(H,26,27,28,29). The van der Waals surface area contributed by atoms with Crippen molar-refractivity contribution in [3.63, 3.8) is 0 Å². The predicted octanol–water partition coefficient (Wildman–Crippen LogP) is 5.13. The molecular formula is C25H32N6O. The molecule has 0 aliphatic carbocycles. The van der Waals surface area contributed by atoms with Crippen molar-refractivity contribution in [2.24, 2.45) is 0 Å². The first-order chi connectivity index (χ1) is 15.7. The van der Waals surface area contributed by atoms with E-state index in [1.807, 2.05) is 23.1 Å². The maximum Gasteiger partial charge on any atom is 0.320 e. The SMILES string of the molecule is CCCCC1CN(CCCC)C(=O)N1Cc1ccc(-c2ccccc2-c2nn[nH]n2)cc1. The third kappa shape index (κ3) is 4.82.